The second kappa shape index (κ2) is 12.4. The molecule has 0 spiro atoms. The molecule has 0 aliphatic heterocycles. The Hall–Kier alpha value is -3.02. The Labute approximate surface area is 162 Å². The number of hydrogen-bond acceptors (Lipinski definition) is 7. The van der Waals surface area contributed by atoms with Crippen molar-refractivity contribution in [1.29, 1.82) is 0 Å². The molecule has 0 rings (SSSR count). The fourth-order valence-electron chi connectivity index (χ4n) is 1.76. The van der Waals surface area contributed by atoms with Crippen molar-refractivity contribution < 1.29 is 28.8 Å². The summed E-state index contributed by atoms with van der Waals surface area (Å²) in [6.07, 6.45) is 0.501. The van der Waals surface area contributed by atoms with E-state index in [2.05, 4.69) is 26.6 Å². The van der Waals surface area contributed by atoms with Crippen LogP contribution in [-0.2, 0) is 28.8 Å². The largest absolute Gasteiger partial charge is 0.348 e. The molecule has 7 N–H and O–H groups in total. The van der Waals surface area contributed by atoms with Gasteiger partial charge in [-0.2, -0.15) is 0 Å². The maximum absolute atomic E-state index is 12.1. The minimum Gasteiger partial charge on any atom is -0.348 e. The molecule has 4 atom stereocenters. The standard InChI is InChI=1S/C16H28N6O6/c1-8(17)13(25)20-10(3)15(27)22-11(4)16(28)21-9(2)14(26)19-7-12(24)18-5-6-23/h6,8-11H,5,7,17H2,1-4H3,(H,18,24)(H,19,26)(H,20,25)(H,21,28)(H,22,27)/t8-,9-,10-,11-/m0/s1. The third-order valence-electron chi connectivity index (χ3n) is 3.48. The predicted molar refractivity (Wildman–Crippen MR) is 98.5 cm³/mol. The SMILES string of the molecule is C[C@H](N)C(=O)N[C@@H](C)C(=O)N[C@@H](C)C(=O)N[C@@H](C)C(=O)NCC(=O)NCC=O. The Kier molecular flexibility index (Phi) is 11.0. The zero-order chi connectivity index (χ0) is 21.9. The number of carbonyl (C=O) groups excluding carboxylic acids is 6. The zero-order valence-corrected chi connectivity index (χ0v) is 16.3. The van der Waals surface area contributed by atoms with Crippen LogP contribution in [0.15, 0.2) is 0 Å². The molecule has 0 saturated carbocycles. The molecule has 158 valence electrons. The summed E-state index contributed by atoms with van der Waals surface area (Å²) in [7, 11) is 0. The smallest absolute Gasteiger partial charge is 0.242 e. The number of aldehydes is 1. The molecule has 0 unspecified atom stereocenters. The lowest BCUT2D eigenvalue weighted by Crippen LogP contribution is -2.55. The van der Waals surface area contributed by atoms with Gasteiger partial charge in [0, 0.05) is 0 Å². The van der Waals surface area contributed by atoms with Crippen molar-refractivity contribution in [3.63, 3.8) is 0 Å². The first-order chi connectivity index (χ1) is 13.0. The summed E-state index contributed by atoms with van der Waals surface area (Å²) in [5.41, 5.74) is 5.40. The Morgan fingerprint density at radius 3 is 1.61 bits per heavy atom. The monoisotopic (exact) mass is 400 g/mol. The molecular weight excluding hydrogens is 372 g/mol. The van der Waals surface area contributed by atoms with E-state index in [9.17, 15) is 28.8 Å². The third kappa shape index (κ3) is 9.62. The molecule has 0 bridgehead atoms. The van der Waals surface area contributed by atoms with Gasteiger partial charge in [-0.3, -0.25) is 24.0 Å². The fourth-order valence-corrected chi connectivity index (χ4v) is 1.76. The van der Waals surface area contributed by atoms with E-state index in [1.54, 1.807) is 0 Å². The molecule has 0 aromatic heterocycles. The van der Waals surface area contributed by atoms with Gasteiger partial charge in [-0.05, 0) is 27.7 Å². The van der Waals surface area contributed by atoms with Crippen molar-refractivity contribution in [2.75, 3.05) is 13.1 Å². The molecule has 0 aromatic rings. The van der Waals surface area contributed by atoms with E-state index < -0.39 is 53.7 Å². The van der Waals surface area contributed by atoms with E-state index in [0.717, 1.165) is 0 Å². The average Bonchev–Trinajstić information content (AvgIpc) is 2.63. The number of hydrogen-bond donors (Lipinski definition) is 6. The topological polar surface area (TPSA) is 189 Å². The highest BCUT2D eigenvalue weighted by molar-refractivity contribution is 5.94. The summed E-state index contributed by atoms with van der Waals surface area (Å²) >= 11 is 0. The number of nitrogens with one attached hydrogen (secondary N) is 5. The lowest BCUT2D eigenvalue weighted by atomic mass is 10.2. The highest BCUT2D eigenvalue weighted by Gasteiger charge is 2.24. The summed E-state index contributed by atoms with van der Waals surface area (Å²) in [5, 5.41) is 11.7. The number of amides is 5. The van der Waals surface area contributed by atoms with Gasteiger partial charge in [0.2, 0.25) is 29.5 Å². The molecule has 0 heterocycles. The Morgan fingerprint density at radius 2 is 1.18 bits per heavy atom. The zero-order valence-electron chi connectivity index (χ0n) is 16.3. The fraction of sp³-hybridized carbons (Fsp3) is 0.625. The van der Waals surface area contributed by atoms with E-state index in [0.29, 0.717) is 6.29 Å². The van der Waals surface area contributed by atoms with Crippen molar-refractivity contribution in [2.24, 2.45) is 5.73 Å². The van der Waals surface area contributed by atoms with Crippen LogP contribution in [0.4, 0.5) is 0 Å². The van der Waals surface area contributed by atoms with Gasteiger partial charge in [0.05, 0.1) is 19.1 Å². The van der Waals surface area contributed by atoms with Gasteiger partial charge < -0.3 is 37.1 Å². The van der Waals surface area contributed by atoms with Crippen LogP contribution in [0.1, 0.15) is 27.7 Å². The minimum atomic E-state index is -0.978. The molecule has 0 aliphatic carbocycles. The lowest BCUT2D eigenvalue weighted by molar-refractivity contribution is -0.133. The summed E-state index contributed by atoms with van der Waals surface area (Å²) in [4.78, 5) is 68.9. The van der Waals surface area contributed by atoms with Crippen LogP contribution in [0.5, 0.6) is 0 Å². The maximum atomic E-state index is 12.1. The van der Waals surface area contributed by atoms with Crippen molar-refractivity contribution >= 4 is 35.8 Å². The summed E-state index contributed by atoms with van der Waals surface area (Å²) < 4.78 is 0. The summed E-state index contributed by atoms with van der Waals surface area (Å²) in [6, 6.07) is -3.63. The number of nitrogens with two attached hydrogens (primary N) is 1. The first-order valence-electron chi connectivity index (χ1n) is 8.64. The molecule has 12 heteroatoms. The van der Waals surface area contributed by atoms with Crippen molar-refractivity contribution in [3.8, 4) is 0 Å². The van der Waals surface area contributed by atoms with Crippen LogP contribution in [0.2, 0.25) is 0 Å². The van der Waals surface area contributed by atoms with Crippen LogP contribution < -0.4 is 32.3 Å². The highest BCUT2D eigenvalue weighted by atomic mass is 16.2. The van der Waals surface area contributed by atoms with Crippen molar-refractivity contribution in [1.82, 2.24) is 26.6 Å². The Balaban J connectivity index is 4.42. The second-order valence-corrected chi connectivity index (χ2v) is 6.17. The van der Waals surface area contributed by atoms with Crippen molar-refractivity contribution in [3.05, 3.63) is 0 Å². The van der Waals surface area contributed by atoms with Crippen LogP contribution in [0.3, 0.4) is 0 Å². The van der Waals surface area contributed by atoms with Gasteiger partial charge in [0.1, 0.15) is 24.4 Å². The second-order valence-electron chi connectivity index (χ2n) is 6.17. The molecule has 28 heavy (non-hydrogen) atoms. The van der Waals surface area contributed by atoms with Gasteiger partial charge in [-0.15, -0.1) is 0 Å². The first-order valence-corrected chi connectivity index (χ1v) is 8.64. The molecule has 0 radical (unpaired) electrons. The number of carbonyl (C=O) groups is 6. The predicted octanol–water partition coefficient (Wildman–Crippen LogP) is -3.72. The molecule has 0 aromatic carbocycles. The van der Waals surface area contributed by atoms with Gasteiger partial charge in [0.15, 0.2) is 0 Å². The molecule has 0 aliphatic rings. The van der Waals surface area contributed by atoms with Crippen LogP contribution in [0, 0.1) is 0 Å². The van der Waals surface area contributed by atoms with E-state index in [1.807, 2.05) is 0 Å². The van der Waals surface area contributed by atoms with E-state index in [-0.39, 0.29) is 13.1 Å². The van der Waals surface area contributed by atoms with Gasteiger partial charge in [-0.1, -0.05) is 0 Å². The van der Waals surface area contributed by atoms with E-state index in [4.69, 9.17) is 5.73 Å². The first kappa shape index (κ1) is 25.0. The minimum absolute atomic E-state index is 0.165. The Morgan fingerprint density at radius 1 is 0.750 bits per heavy atom. The molecule has 0 fully saturated rings. The molecule has 5 amide bonds. The normalized spacial score (nSPS) is 14.5. The maximum Gasteiger partial charge on any atom is 0.242 e. The van der Waals surface area contributed by atoms with Crippen LogP contribution in [-0.4, -0.2) is 73.1 Å². The van der Waals surface area contributed by atoms with Gasteiger partial charge >= 0.3 is 0 Å². The van der Waals surface area contributed by atoms with Crippen molar-refractivity contribution in [2.45, 2.75) is 51.9 Å². The van der Waals surface area contributed by atoms with Gasteiger partial charge in [-0.25, -0.2) is 0 Å². The molecule has 12 nitrogen and oxygen atoms in total. The quantitative estimate of drug-likeness (QED) is 0.192. The van der Waals surface area contributed by atoms with E-state index in [1.165, 1.54) is 27.7 Å². The summed E-state index contributed by atoms with van der Waals surface area (Å²) in [6.45, 7) is 5.19. The van der Waals surface area contributed by atoms with E-state index >= 15 is 0 Å². The summed E-state index contributed by atoms with van der Waals surface area (Å²) in [5.74, 6) is -2.91. The molecule has 0 saturated heterocycles. The highest BCUT2D eigenvalue weighted by Crippen LogP contribution is 1.91. The van der Waals surface area contributed by atoms with Crippen LogP contribution >= 0.6 is 0 Å². The molecular formula is C16H28N6O6. The lowest BCUT2D eigenvalue weighted by Gasteiger charge is -2.20. The van der Waals surface area contributed by atoms with Crippen LogP contribution in [0.25, 0.3) is 0 Å². The van der Waals surface area contributed by atoms with Gasteiger partial charge in [0.25, 0.3) is 0 Å². The average molecular weight is 400 g/mol. The Bertz CT molecular complexity index is 608. The number of rotatable bonds is 11. The third-order valence-corrected chi connectivity index (χ3v) is 3.48.